The van der Waals surface area contributed by atoms with Gasteiger partial charge in [-0.05, 0) is 58.8 Å². The third-order valence-electron chi connectivity index (χ3n) is 5.33. The standard InChI is InChI=1S/C22H25ClFN5O3/c1-22(2,3)29(15-7-9-26-10-8-15)21(31)32-20-27-18(17(23)19(30)28(20)4)13-5-6-14(12-25)16(24)11-13/h5-6,11,15,26H,7-10H2,1-4H3. The quantitative estimate of drug-likeness (QED) is 0.751. The first-order valence-electron chi connectivity index (χ1n) is 10.2. The second-order valence-corrected chi connectivity index (χ2v) is 9.00. The van der Waals surface area contributed by atoms with Gasteiger partial charge in [-0.15, -0.1) is 0 Å². The molecule has 8 nitrogen and oxygen atoms in total. The fraction of sp³-hybridized carbons (Fsp3) is 0.455. The number of nitrogens with one attached hydrogen (secondary N) is 1. The zero-order valence-electron chi connectivity index (χ0n) is 18.4. The molecule has 0 radical (unpaired) electrons. The van der Waals surface area contributed by atoms with Gasteiger partial charge < -0.3 is 10.1 Å². The van der Waals surface area contributed by atoms with Crippen LogP contribution in [0.1, 0.15) is 39.2 Å². The van der Waals surface area contributed by atoms with Gasteiger partial charge in [-0.3, -0.25) is 14.3 Å². The summed E-state index contributed by atoms with van der Waals surface area (Å²) < 4.78 is 20.7. The Hall–Kier alpha value is -2.96. The van der Waals surface area contributed by atoms with Gasteiger partial charge >= 0.3 is 12.1 Å². The van der Waals surface area contributed by atoms with E-state index in [1.807, 2.05) is 20.8 Å². The van der Waals surface area contributed by atoms with Gasteiger partial charge in [0.1, 0.15) is 22.6 Å². The number of carbonyl (C=O) groups is 1. The van der Waals surface area contributed by atoms with Gasteiger partial charge in [0.05, 0.1) is 5.56 Å². The number of hydrogen-bond donors (Lipinski definition) is 1. The second kappa shape index (κ2) is 9.27. The van der Waals surface area contributed by atoms with Crippen molar-refractivity contribution < 1.29 is 13.9 Å². The molecule has 1 saturated heterocycles. The summed E-state index contributed by atoms with van der Waals surface area (Å²) in [5, 5.41) is 12.0. The van der Waals surface area contributed by atoms with E-state index in [1.165, 1.54) is 19.2 Å². The van der Waals surface area contributed by atoms with E-state index in [-0.39, 0.29) is 33.9 Å². The maximum absolute atomic E-state index is 14.1. The number of aromatic nitrogens is 2. The van der Waals surface area contributed by atoms with Gasteiger partial charge in [-0.2, -0.15) is 10.2 Å². The molecule has 10 heteroatoms. The summed E-state index contributed by atoms with van der Waals surface area (Å²) in [5.74, 6) is -0.771. The average molecular weight is 462 g/mol. The molecule has 1 aliphatic rings. The zero-order chi connectivity index (χ0) is 23.6. The molecule has 2 heterocycles. The molecule has 170 valence electrons. The maximum Gasteiger partial charge on any atom is 0.418 e. The van der Waals surface area contributed by atoms with Crippen LogP contribution in [0.3, 0.4) is 0 Å². The number of nitrogens with zero attached hydrogens (tertiary/aromatic N) is 4. The number of ether oxygens (including phenoxy) is 1. The summed E-state index contributed by atoms with van der Waals surface area (Å²) in [6, 6.07) is 5.21. The molecule has 1 aromatic heterocycles. The van der Waals surface area contributed by atoms with Crippen LogP contribution < -0.4 is 15.6 Å². The summed E-state index contributed by atoms with van der Waals surface area (Å²) in [5.41, 5.74) is -1.17. The number of rotatable bonds is 3. The molecule has 1 fully saturated rings. The average Bonchev–Trinajstić information content (AvgIpc) is 2.74. The zero-order valence-corrected chi connectivity index (χ0v) is 19.2. The summed E-state index contributed by atoms with van der Waals surface area (Å²) in [6.07, 6.45) is 0.913. The van der Waals surface area contributed by atoms with Crippen LogP contribution in [-0.2, 0) is 7.05 Å². The molecule has 2 aromatic rings. The highest BCUT2D eigenvalue weighted by atomic mass is 35.5. The lowest BCUT2D eigenvalue weighted by Crippen LogP contribution is -2.55. The predicted octanol–water partition coefficient (Wildman–Crippen LogP) is 3.46. The number of halogens is 2. The van der Waals surface area contributed by atoms with Crippen LogP contribution in [0.15, 0.2) is 23.0 Å². The van der Waals surface area contributed by atoms with E-state index in [1.54, 1.807) is 11.0 Å². The SMILES string of the molecule is Cn1c(OC(=O)N(C2CCNCC2)C(C)(C)C)nc(-c2ccc(C#N)c(F)c2)c(Cl)c1=O. The third kappa shape index (κ3) is 4.76. The number of benzene rings is 1. The van der Waals surface area contributed by atoms with Gasteiger partial charge in [0.15, 0.2) is 0 Å². The van der Waals surface area contributed by atoms with E-state index in [4.69, 9.17) is 21.6 Å². The van der Waals surface area contributed by atoms with Crippen molar-refractivity contribution in [3.8, 4) is 23.3 Å². The highest BCUT2D eigenvalue weighted by Gasteiger charge is 2.36. The molecule has 0 bridgehead atoms. The second-order valence-electron chi connectivity index (χ2n) is 8.62. The molecular weight excluding hydrogens is 437 g/mol. The van der Waals surface area contributed by atoms with Crippen LogP contribution in [0.25, 0.3) is 11.3 Å². The number of nitriles is 1. The fourth-order valence-electron chi connectivity index (χ4n) is 3.75. The normalized spacial score (nSPS) is 14.7. The Morgan fingerprint density at radius 2 is 2.03 bits per heavy atom. The van der Waals surface area contributed by atoms with E-state index < -0.39 is 23.0 Å². The Bertz CT molecular complexity index is 1130. The molecule has 1 amide bonds. The molecule has 0 unspecified atom stereocenters. The van der Waals surface area contributed by atoms with Gasteiger partial charge in [-0.25, -0.2) is 9.18 Å². The molecular formula is C22H25ClFN5O3. The van der Waals surface area contributed by atoms with E-state index in [0.717, 1.165) is 36.6 Å². The number of amides is 1. The predicted molar refractivity (Wildman–Crippen MR) is 118 cm³/mol. The van der Waals surface area contributed by atoms with Crippen molar-refractivity contribution >= 4 is 17.7 Å². The molecule has 0 spiro atoms. The highest BCUT2D eigenvalue weighted by molar-refractivity contribution is 6.32. The van der Waals surface area contributed by atoms with Gasteiger partial charge in [0.25, 0.3) is 5.56 Å². The Morgan fingerprint density at radius 1 is 1.38 bits per heavy atom. The van der Waals surface area contributed by atoms with Crippen LogP contribution in [-0.4, -0.2) is 45.2 Å². The minimum Gasteiger partial charge on any atom is -0.375 e. The maximum atomic E-state index is 14.1. The minimum absolute atomic E-state index is 0.0276. The monoisotopic (exact) mass is 461 g/mol. The van der Waals surface area contributed by atoms with E-state index in [9.17, 15) is 14.0 Å². The Labute approximate surface area is 190 Å². The summed E-state index contributed by atoms with van der Waals surface area (Å²) >= 11 is 6.18. The Kier molecular flexibility index (Phi) is 6.86. The molecule has 32 heavy (non-hydrogen) atoms. The lowest BCUT2D eigenvalue weighted by molar-refractivity contribution is 0.0615. The van der Waals surface area contributed by atoms with Gasteiger partial charge in [0.2, 0.25) is 0 Å². The van der Waals surface area contributed by atoms with E-state index in [2.05, 4.69) is 10.3 Å². The third-order valence-corrected chi connectivity index (χ3v) is 5.67. The molecule has 0 saturated carbocycles. The van der Waals surface area contributed by atoms with Crippen molar-refractivity contribution in [3.05, 3.63) is 45.0 Å². The van der Waals surface area contributed by atoms with Gasteiger partial charge in [-0.1, -0.05) is 17.7 Å². The smallest absolute Gasteiger partial charge is 0.375 e. The van der Waals surface area contributed by atoms with Crippen molar-refractivity contribution in [1.82, 2.24) is 19.8 Å². The fourth-order valence-corrected chi connectivity index (χ4v) is 4.03. The van der Waals surface area contributed by atoms with Crippen LogP contribution >= 0.6 is 11.6 Å². The lowest BCUT2D eigenvalue weighted by atomic mass is 9.98. The van der Waals surface area contributed by atoms with E-state index in [0.29, 0.717) is 0 Å². The molecule has 1 N–H and O–H groups in total. The van der Waals surface area contributed by atoms with E-state index >= 15 is 0 Å². The topological polar surface area (TPSA) is 100 Å². The Morgan fingerprint density at radius 3 is 2.59 bits per heavy atom. The van der Waals surface area contributed by atoms with Crippen molar-refractivity contribution in [2.45, 2.75) is 45.2 Å². The van der Waals surface area contributed by atoms with Crippen LogP contribution in [0, 0.1) is 17.1 Å². The van der Waals surface area contributed by atoms with Crippen molar-refractivity contribution in [2.24, 2.45) is 7.05 Å². The lowest BCUT2D eigenvalue weighted by Gasteiger charge is -2.42. The van der Waals surface area contributed by atoms with Crippen molar-refractivity contribution in [3.63, 3.8) is 0 Å². The first-order valence-corrected chi connectivity index (χ1v) is 10.6. The number of piperidine rings is 1. The molecule has 3 rings (SSSR count). The molecule has 0 aliphatic carbocycles. The largest absolute Gasteiger partial charge is 0.418 e. The summed E-state index contributed by atoms with van der Waals surface area (Å²) in [4.78, 5) is 31.8. The van der Waals surface area contributed by atoms with Crippen LogP contribution in [0.2, 0.25) is 5.02 Å². The minimum atomic E-state index is -0.771. The summed E-state index contributed by atoms with van der Waals surface area (Å²) in [6.45, 7) is 7.31. The van der Waals surface area contributed by atoms with Crippen molar-refractivity contribution in [1.29, 1.82) is 5.26 Å². The summed E-state index contributed by atoms with van der Waals surface area (Å²) in [7, 11) is 1.39. The van der Waals surface area contributed by atoms with Crippen molar-refractivity contribution in [2.75, 3.05) is 13.1 Å². The molecule has 0 atom stereocenters. The molecule has 1 aromatic carbocycles. The first-order chi connectivity index (χ1) is 15.0. The Balaban J connectivity index is 2.00. The van der Waals surface area contributed by atoms with Crippen LogP contribution in [0.5, 0.6) is 6.01 Å². The highest BCUT2D eigenvalue weighted by Crippen LogP contribution is 2.28. The first kappa shape index (κ1) is 23.7. The molecule has 1 aliphatic heterocycles. The van der Waals surface area contributed by atoms with Crippen LogP contribution in [0.4, 0.5) is 9.18 Å². The number of carbonyl (C=O) groups excluding carboxylic acids is 1. The number of hydrogen-bond acceptors (Lipinski definition) is 6. The van der Waals surface area contributed by atoms with Gasteiger partial charge in [0, 0.05) is 24.2 Å².